The highest BCUT2D eigenvalue weighted by Crippen LogP contribution is 2.22. The predicted molar refractivity (Wildman–Crippen MR) is 97.4 cm³/mol. The van der Waals surface area contributed by atoms with Crippen LogP contribution >= 0.6 is 0 Å². The summed E-state index contributed by atoms with van der Waals surface area (Å²) in [6.07, 6.45) is 0. The van der Waals surface area contributed by atoms with E-state index in [9.17, 15) is 9.59 Å². The average molecular weight is 365 g/mol. The predicted octanol–water partition coefficient (Wildman–Crippen LogP) is 1.94. The van der Waals surface area contributed by atoms with E-state index in [1.807, 2.05) is 6.07 Å². The number of hydrogen-bond donors (Lipinski definition) is 1. The number of ether oxygens (including phenoxy) is 2. The van der Waals surface area contributed by atoms with E-state index in [0.29, 0.717) is 48.9 Å². The number of benzene rings is 2. The van der Waals surface area contributed by atoms with Crippen LogP contribution in [0.2, 0.25) is 0 Å². The number of nitrogens with one attached hydrogen (secondary N) is 1. The monoisotopic (exact) mass is 365 g/mol. The van der Waals surface area contributed by atoms with Crippen molar-refractivity contribution in [3.63, 3.8) is 0 Å². The average Bonchev–Trinajstić information content (AvgIpc) is 2.73. The van der Waals surface area contributed by atoms with Crippen molar-refractivity contribution in [2.45, 2.75) is 0 Å². The van der Waals surface area contributed by atoms with Gasteiger partial charge in [0.1, 0.15) is 11.5 Å². The first-order valence-corrected chi connectivity index (χ1v) is 8.57. The molecule has 2 aromatic carbocycles. The normalized spacial score (nSPS) is 13.5. The van der Waals surface area contributed by atoms with Crippen molar-refractivity contribution < 1.29 is 19.1 Å². The third-order valence-electron chi connectivity index (χ3n) is 4.08. The van der Waals surface area contributed by atoms with Gasteiger partial charge in [-0.15, -0.1) is 0 Å². The number of morpholine rings is 1. The van der Waals surface area contributed by atoms with Crippen LogP contribution < -0.4 is 10.1 Å². The Morgan fingerprint density at radius 2 is 1.85 bits per heavy atom. The van der Waals surface area contributed by atoms with E-state index in [4.69, 9.17) is 14.7 Å². The van der Waals surface area contributed by atoms with Gasteiger partial charge < -0.3 is 19.7 Å². The minimum Gasteiger partial charge on any atom is -0.457 e. The molecule has 3 rings (SSSR count). The van der Waals surface area contributed by atoms with E-state index in [0.717, 1.165) is 0 Å². The largest absolute Gasteiger partial charge is 0.457 e. The van der Waals surface area contributed by atoms with Crippen molar-refractivity contribution in [1.29, 1.82) is 5.26 Å². The molecule has 7 nitrogen and oxygen atoms in total. The van der Waals surface area contributed by atoms with Gasteiger partial charge in [0, 0.05) is 18.7 Å². The lowest BCUT2D eigenvalue weighted by atomic mass is 10.2. The summed E-state index contributed by atoms with van der Waals surface area (Å²) in [6, 6.07) is 15.4. The zero-order valence-electron chi connectivity index (χ0n) is 14.7. The molecule has 0 aromatic heterocycles. The first-order chi connectivity index (χ1) is 13.2. The van der Waals surface area contributed by atoms with Gasteiger partial charge in [0.15, 0.2) is 0 Å². The molecule has 0 saturated carbocycles. The Morgan fingerprint density at radius 3 is 2.56 bits per heavy atom. The summed E-state index contributed by atoms with van der Waals surface area (Å²) in [4.78, 5) is 26.1. The summed E-state index contributed by atoms with van der Waals surface area (Å²) in [7, 11) is 0. The standard InChI is InChI=1S/C20H19N3O4/c21-13-15-4-6-17(7-5-15)27-18-3-1-2-16(12-18)20(25)22-14-19(24)23-8-10-26-11-9-23/h1-7,12H,8-11,14H2,(H,22,25). The second-order valence-electron chi connectivity index (χ2n) is 5.94. The quantitative estimate of drug-likeness (QED) is 0.874. The number of amides is 2. The van der Waals surface area contributed by atoms with E-state index in [1.165, 1.54) is 0 Å². The molecule has 1 fully saturated rings. The van der Waals surface area contributed by atoms with Gasteiger partial charge in [-0.1, -0.05) is 6.07 Å². The molecule has 0 radical (unpaired) electrons. The van der Waals surface area contributed by atoms with E-state index in [-0.39, 0.29) is 18.4 Å². The van der Waals surface area contributed by atoms with E-state index in [2.05, 4.69) is 5.32 Å². The molecule has 0 bridgehead atoms. The smallest absolute Gasteiger partial charge is 0.251 e. The van der Waals surface area contributed by atoms with Crippen LogP contribution in [-0.2, 0) is 9.53 Å². The molecule has 7 heteroatoms. The topological polar surface area (TPSA) is 91.7 Å². The second-order valence-corrected chi connectivity index (χ2v) is 5.94. The molecule has 1 heterocycles. The third-order valence-corrected chi connectivity index (χ3v) is 4.08. The SMILES string of the molecule is N#Cc1ccc(Oc2cccc(C(=O)NCC(=O)N3CCOCC3)c2)cc1. The van der Waals surface area contributed by atoms with Crippen LogP contribution in [0.25, 0.3) is 0 Å². The minimum atomic E-state index is -0.345. The van der Waals surface area contributed by atoms with Crippen LogP contribution in [0.15, 0.2) is 48.5 Å². The Balaban J connectivity index is 1.57. The summed E-state index contributed by atoms with van der Waals surface area (Å²) in [5.41, 5.74) is 0.941. The molecule has 1 aliphatic rings. The lowest BCUT2D eigenvalue weighted by molar-refractivity contribution is -0.134. The highest BCUT2D eigenvalue weighted by Gasteiger charge is 2.17. The maximum atomic E-state index is 12.3. The maximum absolute atomic E-state index is 12.3. The molecule has 2 aromatic rings. The van der Waals surface area contributed by atoms with Crippen LogP contribution in [0.1, 0.15) is 15.9 Å². The van der Waals surface area contributed by atoms with Crippen molar-refractivity contribution in [3.05, 3.63) is 59.7 Å². The Bertz CT molecular complexity index is 852. The summed E-state index contributed by atoms with van der Waals surface area (Å²) in [5, 5.41) is 11.5. The first kappa shape index (κ1) is 18.4. The summed E-state index contributed by atoms with van der Waals surface area (Å²) in [5.74, 6) is 0.583. The highest BCUT2D eigenvalue weighted by atomic mass is 16.5. The summed E-state index contributed by atoms with van der Waals surface area (Å²) in [6.45, 7) is 2.08. The van der Waals surface area contributed by atoms with E-state index < -0.39 is 0 Å². The van der Waals surface area contributed by atoms with Gasteiger partial charge in [0.25, 0.3) is 5.91 Å². The van der Waals surface area contributed by atoms with Gasteiger partial charge in [0.05, 0.1) is 31.4 Å². The number of hydrogen-bond acceptors (Lipinski definition) is 5. The number of nitrogens with zero attached hydrogens (tertiary/aromatic N) is 2. The van der Waals surface area contributed by atoms with Crippen LogP contribution in [0.4, 0.5) is 0 Å². The van der Waals surface area contributed by atoms with Gasteiger partial charge in [-0.25, -0.2) is 0 Å². The molecule has 0 atom stereocenters. The molecule has 2 amide bonds. The van der Waals surface area contributed by atoms with Crippen LogP contribution in [0.3, 0.4) is 0 Å². The molecule has 1 N–H and O–H groups in total. The lowest BCUT2D eigenvalue weighted by Crippen LogP contribution is -2.45. The van der Waals surface area contributed by atoms with Crippen molar-refractivity contribution >= 4 is 11.8 Å². The van der Waals surface area contributed by atoms with Gasteiger partial charge in [-0.3, -0.25) is 9.59 Å². The zero-order valence-corrected chi connectivity index (χ0v) is 14.7. The van der Waals surface area contributed by atoms with E-state index in [1.54, 1.807) is 53.4 Å². The van der Waals surface area contributed by atoms with Gasteiger partial charge in [0.2, 0.25) is 5.91 Å². The van der Waals surface area contributed by atoms with Gasteiger partial charge in [-0.2, -0.15) is 5.26 Å². The van der Waals surface area contributed by atoms with Crippen molar-refractivity contribution in [1.82, 2.24) is 10.2 Å². The number of nitriles is 1. The number of rotatable bonds is 5. The summed E-state index contributed by atoms with van der Waals surface area (Å²) >= 11 is 0. The third kappa shape index (κ3) is 5.06. The Labute approximate surface area is 157 Å². The van der Waals surface area contributed by atoms with Crippen LogP contribution in [0, 0.1) is 11.3 Å². The number of carbonyl (C=O) groups excluding carboxylic acids is 2. The number of carbonyl (C=O) groups is 2. The Hall–Kier alpha value is -3.37. The summed E-state index contributed by atoms with van der Waals surface area (Å²) < 4.78 is 10.9. The molecule has 138 valence electrons. The van der Waals surface area contributed by atoms with Gasteiger partial charge >= 0.3 is 0 Å². The minimum absolute atomic E-state index is 0.0560. The molecule has 1 aliphatic heterocycles. The lowest BCUT2D eigenvalue weighted by Gasteiger charge is -2.26. The zero-order chi connectivity index (χ0) is 19.1. The molecule has 0 spiro atoms. The van der Waals surface area contributed by atoms with Crippen molar-refractivity contribution in [2.24, 2.45) is 0 Å². The van der Waals surface area contributed by atoms with Crippen LogP contribution in [0.5, 0.6) is 11.5 Å². The second kappa shape index (κ2) is 8.83. The fraction of sp³-hybridized carbons (Fsp3) is 0.250. The maximum Gasteiger partial charge on any atom is 0.251 e. The van der Waals surface area contributed by atoms with Crippen LogP contribution in [-0.4, -0.2) is 49.6 Å². The molecular formula is C20H19N3O4. The molecule has 1 saturated heterocycles. The van der Waals surface area contributed by atoms with Crippen molar-refractivity contribution in [2.75, 3.05) is 32.8 Å². The van der Waals surface area contributed by atoms with E-state index >= 15 is 0 Å². The highest BCUT2D eigenvalue weighted by molar-refractivity contribution is 5.96. The molecule has 0 unspecified atom stereocenters. The molecule has 0 aliphatic carbocycles. The molecule has 27 heavy (non-hydrogen) atoms. The van der Waals surface area contributed by atoms with Gasteiger partial charge in [-0.05, 0) is 42.5 Å². The fourth-order valence-electron chi connectivity index (χ4n) is 2.62. The molecular weight excluding hydrogens is 346 g/mol. The fourth-order valence-corrected chi connectivity index (χ4v) is 2.62. The van der Waals surface area contributed by atoms with Crippen molar-refractivity contribution in [3.8, 4) is 17.6 Å². The first-order valence-electron chi connectivity index (χ1n) is 8.57. The Morgan fingerprint density at radius 1 is 1.11 bits per heavy atom. The Kier molecular flexibility index (Phi) is 6.02.